The number of nitrogens with zero attached hydrogens (tertiary/aromatic N) is 2. The van der Waals surface area contributed by atoms with Crippen LogP contribution in [0.15, 0.2) is 64.2 Å². The standard InChI is InChI=1S/C20H17N3O6/c1-27-18-10-13(11-22-23-19(24)15-4-2-3-9-21-15)5-7-16(18)28-12-14-6-8-17(29-14)20(25)26/h2-11H,12H2,1H3,(H,23,24)(H,25,26)/b22-11-. The normalized spacial score (nSPS) is 10.7. The summed E-state index contributed by atoms with van der Waals surface area (Å²) in [6, 6.07) is 13.0. The summed E-state index contributed by atoms with van der Waals surface area (Å²) in [4.78, 5) is 26.7. The van der Waals surface area contributed by atoms with Gasteiger partial charge in [0.1, 0.15) is 18.1 Å². The predicted octanol–water partition coefficient (Wildman–Crippen LogP) is 2.72. The van der Waals surface area contributed by atoms with E-state index in [1.54, 1.807) is 36.4 Å². The highest BCUT2D eigenvalue weighted by molar-refractivity contribution is 5.93. The van der Waals surface area contributed by atoms with E-state index in [9.17, 15) is 9.59 Å². The number of ether oxygens (including phenoxy) is 2. The minimum atomic E-state index is -1.15. The van der Waals surface area contributed by atoms with Crippen molar-refractivity contribution in [3.05, 3.63) is 77.5 Å². The van der Waals surface area contributed by atoms with E-state index in [4.69, 9.17) is 19.0 Å². The van der Waals surface area contributed by atoms with Gasteiger partial charge in [0.15, 0.2) is 11.5 Å². The number of carboxylic acid groups (broad SMARTS) is 1. The number of aromatic carboxylic acids is 1. The molecule has 0 bridgehead atoms. The first kappa shape index (κ1) is 19.6. The highest BCUT2D eigenvalue weighted by Gasteiger charge is 2.11. The number of hydrogen-bond donors (Lipinski definition) is 2. The molecule has 0 aliphatic rings. The van der Waals surface area contributed by atoms with Crippen LogP contribution in [0.5, 0.6) is 11.5 Å². The first-order chi connectivity index (χ1) is 14.1. The van der Waals surface area contributed by atoms with Crippen molar-refractivity contribution in [2.45, 2.75) is 6.61 Å². The number of carbonyl (C=O) groups excluding carboxylic acids is 1. The fourth-order valence-electron chi connectivity index (χ4n) is 2.32. The van der Waals surface area contributed by atoms with Gasteiger partial charge in [0.2, 0.25) is 5.76 Å². The zero-order valence-corrected chi connectivity index (χ0v) is 15.4. The summed E-state index contributed by atoms with van der Waals surface area (Å²) in [5, 5.41) is 12.8. The second-order valence-corrected chi connectivity index (χ2v) is 5.68. The van der Waals surface area contributed by atoms with Crippen molar-refractivity contribution in [3.63, 3.8) is 0 Å². The first-order valence-corrected chi connectivity index (χ1v) is 8.44. The van der Waals surface area contributed by atoms with E-state index in [0.717, 1.165) is 0 Å². The van der Waals surface area contributed by atoms with Crippen LogP contribution in [0.1, 0.15) is 32.4 Å². The van der Waals surface area contributed by atoms with Crippen LogP contribution >= 0.6 is 0 Å². The molecule has 2 N–H and O–H groups in total. The number of benzene rings is 1. The smallest absolute Gasteiger partial charge is 0.371 e. The van der Waals surface area contributed by atoms with Gasteiger partial charge >= 0.3 is 5.97 Å². The largest absolute Gasteiger partial charge is 0.493 e. The molecule has 0 unspecified atom stereocenters. The Kier molecular flexibility index (Phi) is 6.21. The molecule has 3 rings (SSSR count). The monoisotopic (exact) mass is 395 g/mol. The number of nitrogens with one attached hydrogen (secondary N) is 1. The Morgan fingerprint density at radius 1 is 1.21 bits per heavy atom. The third kappa shape index (κ3) is 5.19. The Bertz CT molecular complexity index is 1030. The van der Waals surface area contributed by atoms with Crippen LogP contribution in [0.4, 0.5) is 0 Å². The lowest BCUT2D eigenvalue weighted by atomic mass is 10.2. The topological polar surface area (TPSA) is 123 Å². The zero-order valence-electron chi connectivity index (χ0n) is 15.4. The van der Waals surface area contributed by atoms with Gasteiger partial charge in [-0.2, -0.15) is 5.10 Å². The number of hydrogen-bond acceptors (Lipinski definition) is 7. The number of amides is 1. The van der Waals surface area contributed by atoms with Crippen molar-refractivity contribution < 1.29 is 28.6 Å². The average molecular weight is 395 g/mol. The van der Waals surface area contributed by atoms with Gasteiger partial charge in [0, 0.05) is 6.20 Å². The van der Waals surface area contributed by atoms with Gasteiger partial charge in [-0.25, -0.2) is 10.2 Å². The molecule has 0 atom stereocenters. The van der Waals surface area contributed by atoms with E-state index >= 15 is 0 Å². The molecule has 1 amide bonds. The van der Waals surface area contributed by atoms with Crippen molar-refractivity contribution in [2.24, 2.45) is 5.10 Å². The summed E-state index contributed by atoms with van der Waals surface area (Å²) in [6.45, 7) is 0.0389. The molecule has 0 fully saturated rings. The molecule has 9 heteroatoms. The minimum Gasteiger partial charge on any atom is -0.493 e. The van der Waals surface area contributed by atoms with Crippen molar-refractivity contribution in [2.75, 3.05) is 7.11 Å². The summed E-state index contributed by atoms with van der Waals surface area (Å²) in [7, 11) is 1.49. The van der Waals surface area contributed by atoms with Gasteiger partial charge in [-0.15, -0.1) is 0 Å². The Morgan fingerprint density at radius 3 is 2.76 bits per heavy atom. The number of carbonyl (C=O) groups is 2. The third-order valence-electron chi connectivity index (χ3n) is 3.71. The fraction of sp³-hybridized carbons (Fsp3) is 0.100. The summed E-state index contributed by atoms with van der Waals surface area (Å²) in [5.41, 5.74) is 3.32. The van der Waals surface area contributed by atoms with E-state index in [1.807, 2.05) is 0 Å². The summed E-state index contributed by atoms with van der Waals surface area (Å²) < 4.78 is 16.1. The molecular weight excluding hydrogens is 378 g/mol. The second kappa shape index (κ2) is 9.18. The highest BCUT2D eigenvalue weighted by atomic mass is 16.5. The van der Waals surface area contributed by atoms with E-state index in [0.29, 0.717) is 22.8 Å². The Balaban J connectivity index is 1.61. The minimum absolute atomic E-state index is 0.0389. The average Bonchev–Trinajstić information content (AvgIpc) is 3.22. The molecule has 3 aromatic rings. The van der Waals surface area contributed by atoms with Gasteiger partial charge in [-0.3, -0.25) is 9.78 Å². The molecule has 29 heavy (non-hydrogen) atoms. The number of carboxylic acids is 1. The summed E-state index contributed by atoms with van der Waals surface area (Å²) in [5.74, 6) is -0.479. The maximum Gasteiger partial charge on any atom is 0.371 e. The maximum atomic E-state index is 11.9. The Labute approximate surface area is 165 Å². The van der Waals surface area contributed by atoms with Gasteiger partial charge in [0.25, 0.3) is 5.91 Å². The number of rotatable bonds is 8. The van der Waals surface area contributed by atoms with Crippen LogP contribution in [-0.4, -0.2) is 35.3 Å². The third-order valence-corrected chi connectivity index (χ3v) is 3.71. The molecule has 0 spiro atoms. The van der Waals surface area contributed by atoms with Gasteiger partial charge in [-0.1, -0.05) is 6.07 Å². The SMILES string of the molecule is COc1cc(/C=N\NC(=O)c2ccccn2)ccc1OCc1ccc(C(=O)O)o1. The summed E-state index contributed by atoms with van der Waals surface area (Å²) in [6.07, 6.45) is 2.98. The van der Waals surface area contributed by atoms with E-state index in [-0.39, 0.29) is 18.1 Å². The molecule has 0 saturated carbocycles. The second-order valence-electron chi connectivity index (χ2n) is 5.68. The number of aromatic nitrogens is 1. The van der Waals surface area contributed by atoms with E-state index in [2.05, 4.69) is 15.5 Å². The number of furan rings is 1. The molecule has 0 aliphatic heterocycles. The number of hydrazone groups is 1. The Hall–Kier alpha value is -4.14. The predicted molar refractivity (Wildman–Crippen MR) is 102 cm³/mol. The lowest BCUT2D eigenvalue weighted by Gasteiger charge is -2.10. The van der Waals surface area contributed by atoms with Crippen LogP contribution in [-0.2, 0) is 6.61 Å². The van der Waals surface area contributed by atoms with Crippen LogP contribution in [0, 0.1) is 0 Å². The van der Waals surface area contributed by atoms with Crippen LogP contribution in [0.3, 0.4) is 0 Å². The van der Waals surface area contributed by atoms with Gasteiger partial charge < -0.3 is 19.0 Å². The first-order valence-electron chi connectivity index (χ1n) is 8.44. The van der Waals surface area contributed by atoms with Gasteiger partial charge in [-0.05, 0) is 48.0 Å². The van der Waals surface area contributed by atoms with E-state index in [1.165, 1.54) is 31.7 Å². The molecule has 2 heterocycles. The molecule has 0 aliphatic carbocycles. The molecule has 2 aromatic heterocycles. The molecule has 148 valence electrons. The van der Waals surface area contributed by atoms with Crippen LogP contribution < -0.4 is 14.9 Å². The molecule has 0 radical (unpaired) electrons. The fourth-order valence-corrected chi connectivity index (χ4v) is 2.32. The molecule has 1 aromatic carbocycles. The van der Waals surface area contributed by atoms with Crippen molar-refractivity contribution in [1.29, 1.82) is 0 Å². The number of pyridine rings is 1. The maximum absolute atomic E-state index is 11.9. The van der Waals surface area contributed by atoms with Crippen molar-refractivity contribution >= 4 is 18.1 Å². The number of methoxy groups -OCH3 is 1. The van der Waals surface area contributed by atoms with Crippen LogP contribution in [0.25, 0.3) is 0 Å². The zero-order chi connectivity index (χ0) is 20.6. The molecule has 0 saturated heterocycles. The van der Waals surface area contributed by atoms with Crippen molar-refractivity contribution in [3.8, 4) is 11.5 Å². The van der Waals surface area contributed by atoms with E-state index < -0.39 is 11.9 Å². The lowest BCUT2D eigenvalue weighted by Crippen LogP contribution is -2.18. The molecule has 9 nitrogen and oxygen atoms in total. The Morgan fingerprint density at radius 2 is 2.07 bits per heavy atom. The quantitative estimate of drug-likeness (QED) is 0.444. The lowest BCUT2D eigenvalue weighted by molar-refractivity contribution is 0.0657. The van der Waals surface area contributed by atoms with Crippen molar-refractivity contribution in [1.82, 2.24) is 10.4 Å². The summed E-state index contributed by atoms with van der Waals surface area (Å²) >= 11 is 0. The van der Waals surface area contributed by atoms with Crippen LogP contribution in [0.2, 0.25) is 0 Å². The highest BCUT2D eigenvalue weighted by Crippen LogP contribution is 2.28. The molecular formula is C20H17N3O6. The van der Waals surface area contributed by atoms with Gasteiger partial charge in [0.05, 0.1) is 13.3 Å².